The maximum Gasteiger partial charge on any atom is 0.255 e. The number of carbonyl (C=O) groups excluding carboxylic acids is 1. The first-order valence-corrected chi connectivity index (χ1v) is 4.01. The molecule has 0 aliphatic rings. The highest BCUT2D eigenvalue weighted by molar-refractivity contribution is 5.94. The Labute approximate surface area is 81.4 Å². The number of carbonyl (C=O) groups is 1. The van der Waals surface area contributed by atoms with Crippen molar-refractivity contribution in [1.29, 1.82) is 0 Å². The molecule has 3 nitrogen and oxygen atoms in total. The van der Waals surface area contributed by atoms with Gasteiger partial charge in [-0.3, -0.25) is 9.78 Å². The molecule has 14 heavy (non-hydrogen) atoms. The van der Waals surface area contributed by atoms with Crippen LogP contribution in [-0.2, 0) is 0 Å². The molecule has 1 amide bonds. The van der Waals surface area contributed by atoms with Crippen molar-refractivity contribution in [2.75, 3.05) is 0 Å². The maximum absolute atomic E-state index is 13.0. The van der Waals surface area contributed by atoms with Crippen molar-refractivity contribution in [3.63, 3.8) is 0 Å². The van der Waals surface area contributed by atoms with Gasteiger partial charge in [0.15, 0.2) is 5.82 Å². The molecule has 1 unspecified atom stereocenters. The third-order valence-electron chi connectivity index (χ3n) is 1.61. The third-order valence-corrected chi connectivity index (χ3v) is 1.61. The summed E-state index contributed by atoms with van der Waals surface area (Å²) in [5.74, 6) is 1.12. The quantitative estimate of drug-likeness (QED) is 0.709. The molecule has 0 saturated heterocycles. The van der Waals surface area contributed by atoms with Crippen LogP contribution in [0.3, 0.4) is 0 Å². The molecule has 1 atom stereocenters. The predicted octanol–water partition coefficient (Wildman–Crippen LogP) is 0.972. The highest BCUT2D eigenvalue weighted by Gasteiger charge is 2.12. The van der Waals surface area contributed by atoms with Crippen LogP contribution in [0, 0.1) is 18.2 Å². The molecule has 1 N–H and O–H groups in total. The van der Waals surface area contributed by atoms with E-state index in [1.54, 1.807) is 6.92 Å². The lowest BCUT2D eigenvalue weighted by Gasteiger charge is -2.07. The molecule has 4 heteroatoms. The molecule has 1 rings (SSSR count). The molecule has 1 aromatic rings. The number of halogens is 1. The number of aromatic nitrogens is 1. The van der Waals surface area contributed by atoms with E-state index in [0.29, 0.717) is 0 Å². The monoisotopic (exact) mass is 192 g/mol. The first-order chi connectivity index (χ1) is 6.65. The summed E-state index contributed by atoms with van der Waals surface area (Å²) in [4.78, 5) is 14.9. The fraction of sp³-hybridized carbons (Fsp3) is 0.200. The van der Waals surface area contributed by atoms with Crippen LogP contribution in [0.4, 0.5) is 4.39 Å². The molecule has 0 fully saturated rings. The fourth-order valence-corrected chi connectivity index (χ4v) is 0.875. The average molecular weight is 192 g/mol. The highest BCUT2D eigenvalue weighted by Crippen LogP contribution is 2.03. The van der Waals surface area contributed by atoms with Gasteiger partial charge in [-0.05, 0) is 13.0 Å². The lowest BCUT2D eigenvalue weighted by Crippen LogP contribution is -2.31. The van der Waals surface area contributed by atoms with E-state index >= 15 is 0 Å². The molecule has 0 spiro atoms. The summed E-state index contributed by atoms with van der Waals surface area (Å²) in [7, 11) is 0. The van der Waals surface area contributed by atoms with Gasteiger partial charge in [0.1, 0.15) is 0 Å². The second-order valence-electron chi connectivity index (χ2n) is 2.72. The number of nitrogens with zero attached hydrogens (tertiary/aromatic N) is 1. The lowest BCUT2D eigenvalue weighted by molar-refractivity contribution is 0.0944. The number of amides is 1. The number of hydrogen-bond acceptors (Lipinski definition) is 2. The largest absolute Gasteiger partial charge is 0.339 e. The molecule has 0 radical (unpaired) electrons. The zero-order valence-corrected chi connectivity index (χ0v) is 7.62. The second-order valence-corrected chi connectivity index (χ2v) is 2.72. The van der Waals surface area contributed by atoms with Gasteiger partial charge >= 0.3 is 0 Å². The zero-order chi connectivity index (χ0) is 10.6. The van der Waals surface area contributed by atoms with Crippen molar-refractivity contribution < 1.29 is 9.18 Å². The van der Waals surface area contributed by atoms with Crippen LogP contribution < -0.4 is 5.32 Å². The van der Waals surface area contributed by atoms with E-state index in [-0.39, 0.29) is 5.56 Å². The maximum atomic E-state index is 13.0. The van der Waals surface area contributed by atoms with Crippen molar-refractivity contribution >= 4 is 5.91 Å². The zero-order valence-electron chi connectivity index (χ0n) is 7.62. The molecule has 0 aliphatic carbocycles. The van der Waals surface area contributed by atoms with Crippen molar-refractivity contribution in [2.45, 2.75) is 13.0 Å². The molecule has 72 valence electrons. The Morgan fingerprint density at radius 3 is 3.07 bits per heavy atom. The van der Waals surface area contributed by atoms with Crippen molar-refractivity contribution in [3.05, 3.63) is 29.8 Å². The minimum Gasteiger partial charge on any atom is -0.339 e. The Morgan fingerprint density at radius 1 is 1.79 bits per heavy atom. The average Bonchev–Trinajstić information content (AvgIpc) is 2.18. The molecular weight excluding hydrogens is 183 g/mol. The van der Waals surface area contributed by atoms with Gasteiger partial charge in [0.05, 0.1) is 17.8 Å². The molecular formula is C10H9FN2O. The smallest absolute Gasteiger partial charge is 0.255 e. The molecule has 0 bridgehead atoms. The molecule has 0 saturated carbocycles. The van der Waals surface area contributed by atoms with Gasteiger partial charge in [-0.25, -0.2) is 4.39 Å². The summed E-state index contributed by atoms with van der Waals surface area (Å²) in [6, 6.07) is 0.878. The van der Waals surface area contributed by atoms with Gasteiger partial charge < -0.3 is 5.32 Å². The minimum atomic E-state index is -0.658. The highest BCUT2D eigenvalue weighted by atomic mass is 19.1. The Morgan fingerprint density at radius 2 is 2.50 bits per heavy atom. The molecule has 1 aromatic heterocycles. The van der Waals surface area contributed by atoms with E-state index in [4.69, 9.17) is 6.42 Å². The van der Waals surface area contributed by atoms with Crippen molar-refractivity contribution in [1.82, 2.24) is 10.3 Å². The summed E-state index contributed by atoms with van der Waals surface area (Å²) in [5.41, 5.74) is -0.0536. The normalized spacial score (nSPS) is 11.5. The lowest BCUT2D eigenvalue weighted by atomic mass is 10.2. The number of pyridine rings is 1. The van der Waals surface area contributed by atoms with Crippen LogP contribution in [-0.4, -0.2) is 16.9 Å². The number of hydrogen-bond donors (Lipinski definition) is 1. The first-order valence-electron chi connectivity index (χ1n) is 4.01. The van der Waals surface area contributed by atoms with Gasteiger partial charge in [0.2, 0.25) is 0 Å². The van der Waals surface area contributed by atoms with E-state index in [0.717, 1.165) is 6.20 Å². The van der Waals surface area contributed by atoms with E-state index in [2.05, 4.69) is 16.2 Å². The summed E-state index contributed by atoms with van der Waals surface area (Å²) >= 11 is 0. The Balaban J connectivity index is 2.81. The molecule has 1 heterocycles. The Kier molecular flexibility index (Phi) is 3.19. The number of rotatable bonds is 2. The van der Waals surface area contributed by atoms with E-state index in [1.807, 2.05) is 0 Å². The minimum absolute atomic E-state index is 0.0536. The summed E-state index contributed by atoms with van der Waals surface area (Å²) in [5, 5.41) is 2.44. The summed E-state index contributed by atoms with van der Waals surface area (Å²) < 4.78 is 13.0. The van der Waals surface area contributed by atoms with Gasteiger partial charge in [-0.2, -0.15) is 0 Å². The number of terminal acetylenes is 1. The standard InChI is InChI=1S/C10H9FN2O/c1-3-7(2)13-10(14)8-4-5-12-6-9(8)11/h1,4-7H,2H3,(H,13,14). The van der Waals surface area contributed by atoms with Crippen LogP contribution in [0.25, 0.3) is 0 Å². The van der Waals surface area contributed by atoms with E-state index < -0.39 is 17.8 Å². The Bertz CT molecular complexity index is 384. The van der Waals surface area contributed by atoms with Crippen LogP contribution in [0.5, 0.6) is 0 Å². The summed E-state index contributed by atoms with van der Waals surface area (Å²) in [6.45, 7) is 1.64. The van der Waals surface area contributed by atoms with Gasteiger partial charge in [-0.1, -0.05) is 5.92 Å². The van der Waals surface area contributed by atoms with Crippen LogP contribution in [0.15, 0.2) is 18.5 Å². The topological polar surface area (TPSA) is 42.0 Å². The van der Waals surface area contributed by atoms with E-state index in [9.17, 15) is 9.18 Å². The van der Waals surface area contributed by atoms with Crippen LogP contribution in [0.1, 0.15) is 17.3 Å². The molecule has 0 aliphatic heterocycles. The predicted molar refractivity (Wildman–Crippen MR) is 50.0 cm³/mol. The van der Waals surface area contributed by atoms with E-state index in [1.165, 1.54) is 12.3 Å². The fourth-order valence-electron chi connectivity index (χ4n) is 0.875. The second kappa shape index (κ2) is 4.38. The number of nitrogens with one attached hydrogen (secondary N) is 1. The van der Waals surface area contributed by atoms with Gasteiger partial charge in [0, 0.05) is 6.20 Å². The third kappa shape index (κ3) is 2.30. The van der Waals surface area contributed by atoms with Crippen molar-refractivity contribution in [2.24, 2.45) is 0 Å². The summed E-state index contributed by atoms with van der Waals surface area (Å²) in [6.07, 6.45) is 7.39. The van der Waals surface area contributed by atoms with Crippen LogP contribution in [0.2, 0.25) is 0 Å². The Hall–Kier alpha value is -1.89. The molecule has 0 aromatic carbocycles. The SMILES string of the molecule is C#CC(C)NC(=O)c1ccncc1F. The van der Waals surface area contributed by atoms with Gasteiger partial charge in [-0.15, -0.1) is 6.42 Å². The first kappa shape index (κ1) is 10.2. The van der Waals surface area contributed by atoms with Crippen molar-refractivity contribution in [3.8, 4) is 12.3 Å². The van der Waals surface area contributed by atoms with Crippen LogP contribution >= 0.6 is 0 Å². The van der Waals surface area contributed by atoms with Gasteiger partial charge in [0.25, 0.3) is 5.91 Å².